The quantitative estimate of drug-likeness (QED) is 0.813. The molecule has 0 bridgehead atoms. The Morgan fingerprint density at radius 2 is 2.08 bits per heavy atom. The lowest BCUT2D eigenvalue weighted by Crippen LogP contribution is -2.42. The number of carbonyl (C=O) groups excluding carboxylic acids is 1. The number of aromatic nitrogens is 2. The zero-order valence-electron chi connectivity index (χ0n) is 14.9. The van der Waals surface area contributed by atoms with Crippen molar-refractivity contribution >= 4 is 5.91 Å². The largest absolute Gasteiger partial charge is 0.338 e. The van der Waals surface area contributed by atoms with Gasteiger partial charge in [-0.2, -0.15) is 0 Å². The normalized spacial score (nSPS) is 17.3. The molecule has 5 heteroatoms. The van der Waals surface area contributed by atoms with Crippen molar-refractivity contribution < 1.29 is 4.79 Å². The number of imidazole rings is 1. The topological polar surface area (TPSA) is 41.4 Å². The number of nitrogens with zero attached hydrogens (tertiary/aromatic N) is 4. The summed E-state index contributed by atoms with van der Waals surface area (Å²) in [4.78, 5) is 21.5. The van der Waals surface area contributed by atoms with E-state index in [1.54, 1.807) is 0 Å². The predicted molar refractivity (Wildman–Crippen MR) is 97.0 cm³/mol. The Hall–Kier alpha value is -2.14. The van der Waals surface area contributed by atoms with Crippen LogP contribution in [-0.4, -0.2) is 44.9 Å². The maximum atomic E-state index is 12.7. The summed E-state index contributed by atoms with van der Waals surface area (Å²) in [5.74, 6) is 0.205. The molecule has 25 heavy (non-hydrogen) atoms. The lowest BCUT2D eigenvalue weighted by atomic mass is 10.1. The van der Waals surface area contributed by atoms with Gasteiger partial charge < -0.3 is 9.47 Å². The van der Waals surface area contributed by atoms with Gasteiger partial charge >= 0.3 is 0 Å². The molecule has 0 N–H and O–H groups in total. The van der Waals surface area contributed by atoms with Crippen LogP contribution < -0.4 is 0 Å². The third-order valence-electron chi connectivity index (χ3n) is 5.27. The van der Waals surface area contributed by atoms with Gasteiger partial charge in [0.15, 0.2) is 0 Å². The Kier molecular flexibility index (Phi) is 4.57. The van der Waals surface area contributed by atoms with E-state index < -0.39 is 0 Å². The molecule has 1 saturated carbocycles. The SMILES string of the molecule is CCN(Cc1ccccc1)C(=O)CN1CCc2c(ncn2C2CC2)C1. The fourth-order valence-electron chi connectivity index (χ4n) is 3.66. The Balaban J connectivity index is 1.37. The molecule has 132 valence electrons. The minimum absolute atomic E-state index is 0.205. The summed E-state index contributed by atoms with van der Waals surface area (Å²) in [5, 5.41) is 0. The molecule has 1 aliphatic heterocycles. The number of rotatable bonds is 6. The molecule has 1 aromatic carbocycles. The minimum Gasteiger partial charge on any atom is -0.338 e. The second-order valence-corrected chi connectivity index (χ2v) is 7.13. The van der Waals surface area contributed by atoms with Crippen molar-refractivity contribution in [1.29, 1.82) is 0 Å². The Bertz CT molecular complexity index is 735. The van der Waals surface area contributed by atoms with Crippen LogP contribution in [0.2, 0.25) is 0 Å². The van der Waals surface area contributed by atoms with Crippen LogP contribution in [0.15, 0.2) is 36.7 Å². The molecular formula is C20H26N4O. The first kappa shape index (κ1) is 16.3. The molecule has 2 aliphatic rings. The van der Waals surface area contributed by atoms with Gasteiger partial charge in [-0.05, 0) is 25.3 Å². The molecule has 1 amide bonds. The van der Waals surface area contributed by atoms with E-state index >= 15 is 0 Å². The van der Waals surface area contributed by atoms with Crippen molar-refractivity contribution in [2.75, 3.05) is 19.6 Å². The Morgan fingerprint density at radius 1 is 1.28 bits per heavy atom. The first-order valence-corrected chi connectivity index (χ1v) is 9.33. The van der Waals surface area contributed by atoms with Crippen LogP contribution in [-0.2, 0) is 24.3 Å². The van der Waals surface area contributed by atoms with Crippen molar-refractivity contribution in [3.63, 3.8) is 0 Å². The third kappa shape index (κ3) is 3.61. The number of fused-ring (bicyclic) bond motifs is 1. The summed E-state index contributed by atoms with van der Waals surface area (Å²) in [6.45, 7) is 5.70. The first-order valence-electron chi connectivity index (χ1n) is 9.33. The van der Waals surface area contributed by atoms with Crippen LogP contribution in [0.5, 0.6) is 0 Å². The second-order valence-electron chi connectivity index (χ2n) is 7.13. The molecule has 0 spiro atoms. The van der Waals surface area contributed by atoms with Crippen molar-refractivity contribution in [2.45, 2.75) is 45.3 Å². The van der Waals surface area contributed by atoms with Gasteiger partial charge in [0.2, 0.25) is 5.91 Å². The van der Waals surface area contributed by atoms with E-state index in [-0.39, 0.29) is 5.91 Å². The highest BCUT2D eigenvalue weighted by Gasteiger charge is 2.30. The molecule has 1 aromatic heterocycles. The average Bonchev–Trinajstić information content (AvgIpc) is 3.40. The summed E-state index contributed by atoms with van der Waals surface area (Å²) < 4.78 is 2.36. The maximum absolute atomic E-state index is 12.7. The third-order valence-corrected chi connectivity index (χ3v) is 5.27. The van der Waals surface area contributed by atoms with Crippen LogP contribution in [0.4, 0.5) is 0 Å². The van der Waals surface area contributed by atoms with E-state index in [1.807, 2.05) is 36.4 Å². The number of amides is 1. The van der Waals surface area contributed by atoms with Crippen LogP contribution >= 0.6 is 0 Å². The predicted octanol–water partition coefficient (Wildman–Crippen LogP) is 2.62. The summed E-state index contributed by atoms with van der Waals surface area (Å²) in [6, 6.07) is 10.9. The van der Waals surface area contributed by atoms with E-state index in [0.717, 1.165) is 31.7 Å². The highest BCUT2D eigenvalue weighted by molar-refractivity contribution is 5.78. The van der Waals surface area contributed by atoms with E-state index in [0.29, 0.717) is 19.1 Å². The van der Waals surface area contributed by atoms with Crippen LogP contribution in [0.25, 0.3) is 0 Å². The van der Waals surface area contributed by atoms with Gasteiger partial charge in [0.1, 0.15) is 0 Å². The Labute approximate surface area is 149 Å². The molecular weight excluding hydrogens is 312 g/mol. The van der Waals surface area contributed by atoms with E-state index in [2.05, 4.69) is 26.6 Å². The molecule has 0 atom stereocenters. The smallest absolute Gasteiger partial charge is 0.237 e. The maximum Gasteiger partial charge on any atom is 0.237 e. The highest BCUT2D eigenvalue weighted by Crippen LogP contribution is 2.37. The zero-order valence-corrected chi connectivity index (χ0v) is 14.9. The van der Waals surface area contributed by atoms with Crippen LogP contribution in [0.3, 0.4) is 0 Å². The fraction of sp³-hybridized carbons (Fsp3) is 0.500. The number of benzene rings is 1. The molecule has 1 aliphatic carbocycles. The van der Waals surface area contributed by atoms with Gasteiger partial charge in [0.25, 0.3) is 0 Å². The van der Waals surface area contributed by atoms with Crippen molar-refractivity contribution in [1.82, 2.24) is 19.4 Å². The molecule has 4 rings (SSSR count). The number of hydrogen-bond acceptors (Lipinski definition) is 3. The summed E-state index contributed by atoms with van der Waals surface area (Å²) in [7, 11) is 0. The van der Waals surface area contributed by atoms with Crippen LogP contribution in [0.1, 0.15) is 42.8 Å². The fourth-order valence-corrected chi connectivity index (χ4v) is 3.66. The molecule has 0 unspecified atom stereocenters. The molecule has 0 saturated heterocycles. The Morgan fingerprint density at radius 3 is 2.80 bits per heavy atom. The lowest BCUT2D eigenvalue weighted by molar-refractivity contribution is -0.133. The summed E-state index contributed by atoms with van der Waals surface area (Å²) in [5.41, 5.74) is 3.74. The van der Waals surface area contributed by atoms with E-state index in [1.165, 1.54) is 24.1 Å². The van der Waals surface area contributed by atoms with Gasteiger partial charge in [-0.15, -0.1) is 0 Å². The van der Waals surface area contributed by atoms with E-state index in [4.69, 9.17) is 0 Å². The zero-order chi connectivity index (χ0) is 17.2. The summed E-state index contributed by atoms with van der Waals surface area (Å²) >= 11 is 0. The first-order chi connectivity index (χ1) is 12.2. The van der Waals surface area contributed by atoms with Gasteiger partial charge in [-0.3, -0.25) is 9.69 Å². The second kappa shape index (κ2) is 7.00. The standard InChI is InChI=1S/C20H26N4O/c1-2-23(12-16-6-4-3-5-7-16)20(25)14-22-11-10-19-18(13-22)21-15-24(19)17-8-9-17/h3-7,15,17H,2,8-14H2,1H3. The van der Waals surface area contributed by atoms with Crippen LogP contribution in [0, 0.1) is 0 Å². The van der Waals surface area contributed by atoms with E-state index in [9.17, 15) is 4.79 Å². The van der Waals surface area contributed by atoms with Gasteiger partial charge in [-0.25, -0.2) is 4.98 Å². The van der Waals surface area contributed by atoms with Crippen molar-refractivity contribution in [3.05, 3.63) is 53.6 Å². The number of likely N-dealkylation sites (N-methyl/N-ethyl adjacent to an activating group) is 1. The molecule has 0 radical (unpaired) electrons. The van der Waals surface area contributed by atoms with Crippen molar-refractivity contribution in [3.8, 4) is 0 Å². The average molecular weight is 338 g/mol. The molecule has 1 fully saturated rings. The molecule has 2 aromatic rings. The molecule has 5 nitrogen and oxygen atoms in total. The molecule has 2 heterocycles. The van der Waals surface area contributed by atoms with Crippen molar-refractivity contribution in [2.24, 2.45) is 0 Å². The number of carbonyl (C=O) groups is 1. The van der Waals surface area contributed by atoms with Gasteiger partial charge in [0.05, 0.1) is 18.6 Å². The van der Waals surface area contributed by atoms with Gasteiger partial charge in [-0.1, -0.05) is 30.3 Å². The monoisotopic (exact) mass is 338 g/mol. The lowest BCUT2D eigenvalue weighted by Gasteiger charge is -2.29. The highest BCUT2D eigenvalue weighted by atomic mass is 16.2. The number of hydrogen-bond donors (Lipinski definition) is 0. The minimum atomic E-state index is 0.205. The summed E-state index contributed by atoms with van der Waals surface area (Å²) in [6.07, 6.45) is 5.58. The van der Waals surface area contributed by atoms with Gasteiger partial charge in [0, 0.05) is 44.3 Å².